The maximum absolute atomic E-state index is 12.6. The van der Waals surface area contributed by atoms with Crippen LogP contribution in [-0.2, 0) is 16.1 Å². The Balaban J connectivity index is 1.39. The maximum atomic E-state index is 12.6. The molecule has 4 rings (SSSR count). The van der Waals surface area contributed by atoms with Crippen molar-refractivity contribution in [3.63, 3.8) is 0 Å². The first-order valence-corrected chi connectivity index (χ1v) is 11.5. The Morgan fingerprint density at radius 1 is 1.19 bits per heavy atom. The van der Waals surface area contributed by atoms with E-state index in [1.165, 1.54) is 11.8 Å². The minimum Gasteiger partial charge on any atom is -0.352 e. The molecule has 0 atom stereocenters. The van der Waals surface area contributed by atoms with Crippen molar-refractivity contribution in [1.29, 1.82) is 0 Å². The number of benzene rings is 2. The summed E-state index contributed by atoms with van der Waals surface area (Å²) in [5.74, 6) is 0.370. The van der Waals surface area contributed by atoms with Crippen LogP contribution in [0.5, 0.6) is 0 Å². The zero-order valence-corrected chi connectivity index (χ0v) is 18.7. The second-order valence-electron chi connectivity index (χ2n) is 7.33. The normalized spacial score (nSPS) is 13.2. The molecule has 0 saturated heterocycles. The van der Waals surface area contributed by atoms with Gasteiger partial charge in [-0.2, -0.15) is 5.10 Å². The number of carbonyl (C=O) groups excluding carboxylic acids is 2. The lowest BCUT2D eigenvalue weighted by Crippen LogP contribution is -2.37. The molecule has 1 N–H and O–H groups in total. The SMILES string of the molecule is Cc1nn(-c2ccccc2)c2c1N(CCCC(=O)NCc1cccc(Cl)c1)C(=O)CS2. The summed E-state index contributed by atoms with van der Waals surface area (Å²) in [5, 5.41) is 9.20. The molecular formula is C23H23ClN4O2S. The number of aromatic nitrogens is 2. The number of nitrogens with one attached hydrogen (secondary N) is 1. The van der Waals surface area contributed by atoms with Crippen LogP contribution in [0.3, 0.4) is 0 Å². The highest BCUT2D eigenvalue weighted by Gasteiger charge is 2.31. The first-order valence-electron chi connectivity index (χ1n) is 10.1. The van der Waals surface area contributed by atoms with Gasteiger partial charge in [-0.05, 0) is 43.2 Å². The number of carbonyl (C=O) groups is 2. The van der Waals surface area contributed by atoms with E-state index in [-0.39, 0.29) is 11.8 Å². The molecule has 1 aromatic heterocycles. The second-order valence-corrected chi connectivity index (χ2v) is 8.73. The Bertz CT molecular complexity index is 1100. The molecule has 0 aliphatic carbocycles. The number of aryl methyl sites for hydroxylation is 1. The average molecular weight is 455 g/mol. The van der Waals surface area contributed by atoms with Gasteiger partial charge in [-0.25, -0.2) is 4.68 Å². The molecular weight excluding hydrogens is 432 g/mol. The van der Waals surface area contributed by atoms with Gasteiger partial charge in [0.1, 0.15) is 5.03 Å². The molecule has 31 heavy (non-hydrogen) atoms. The van der Waals surface area contributed by atoms with Crippen LogP contribution >= 0.6 is 23.4 Å². The molecule has 2 heterocycles. The van der Waals surface area contributed by atoms with Crippen molar-refractivity contribution in [2.45, 2.75) is 31.3 Å². The van der Waals surface area contributed by atoms with Crippen molar-refractivity contribution >= 4 is 40.9 Å². The zero-order chi connectivity index (χ0) is 21.8. The zero-order valence-electron chi connectivity index (χ0n) is 17.2. The van der Waals surface area contributed by atoms with Gasteiger partial charge in [0.15, 0.2) is 0 Å². The lowest BCUT2D eigenvalue weighted by Gasteiger charge is -2.27. The first-order chi connectivity index (χ1) is 15.0. The third kappa shape index (κ3) is 4.94. The summed E-state index contributed by atoms with van der Waals surface area (Å²) >= 11 is 7.49. The molecule has 0 unspecified atom stereocenters. The van der Waals surface area contributed by atoms with E-state index >= 15 is 0 Å². The molecule has 0 fully saturated rings. The molecule has 2 aromatic carbocycles. The minimum atomic E-state index is -0.0456. The summed E-state index contributed by atoms with van der Waals surface area (Å²) in [6.45, 7) is 2.84. The summed E-state index contributed by atoms with van der Waals surface area (Å²) in [4.78, 5) is 26.7. The molecule has 8 heteroatoms. The van der Waals surface area contributed by atoms with E-state index in [2.05, 4.69) is 10.4 Å². The Morgan fingerprint density at radius 2 is 2.00 bits per heavy atom. The Labute approximate surface area is 190 Å². The molecule has 6 nitrogen and oxygen atoms in total. The van der Waals surface area contributed by atoms with Crippen LogP contribution < -0.4 is 10.2 Å². The number of anilines is 1. The number of hydrogen-bond acceptors (Lipinski definition) is 4. The lowest BCUT2D eigenvalue weighted by molar-refractivity contribution is -0.121. The Hall–Kier alpha value is -2.77. The molecule has 0 radical (unpaired) electrons. The fourth-order valence-corrected chi connectivity index (χ4v) is 4.88. The number of amides is 2. The first kappa shape index (κ1) is 21.5. The minimum absolute atomic E-state index is 0.0456. The monoisotopic (exact) mass is 454 g/mol. The fourth-order valence-electron chi connectivity index (χ4n) is 3.59. The van der Waals surface area contributed by atoms with Gasteiger partial charge >= 0.3 is 0 Å². The van der Waals surface area contributed by atoms with Crippen LogP contribution in [0, 0.1) is 6.92 Å². The summed E-state index contributed by atoms with van der Waals surface area (Å²) < 4.78 is 1.90. The number of hydrogen-bond donors (Lipinski definition) is 1. The number of rotatable bonds is 7. The van der Waals surface area contributed by atoms with Crippen molar-refractivity contribution < 1.29 is 9.59 Å². The number of fused-ring (bicyclic) bond motifs is 1. The number of para-hydroxylation sites is 1. The highest BCUT2D eigenvalue weighted by atomic mass is 35.5. The molecule has 1 aliphatic rings. The third-order valence-electron chi connectivity index (χ3n) is 5.06. The lowest BCUT2D eigenvalue weighted by atomic mass is 10.2. The molecule has 0 saturated carbocycles. The molecule has 3 aromatic rings. The summed E-state index contributed by atoms with van der Waals surface area (Å²) in [6.07, 6.45) is 0.922. The largest absolute Gasteiger partial charge is 0.352 e. The highest BCUT2D eigenvalue weighted by Crippen LogP contribution is 2.39. The van der Waals surface area contributed by atoms with Crippen molar-refractivity contribution in [3.05, 3.63) is 70.9 Å². The Morgan fingerprint density at radius 3 is 2.77 bits per heavy atom. The smallest absolute Gasteiger partial charge is 0.237 e. The van der Waals surface area contributed by atoms with Crippen molar-refractivity contribution in [3.8, 4) is 5.69 Å². The van der Waals surface area contributed by atoms with Crippen molar-refractivity contribution in [2.75, 3.05) is 17.2 Å². The molecule has 2 amide bonds. The number of nitrogens with zero attached hydrogens (tertiary/aromatic N) is 3. The van der Waals surface area contributed by atoms with E-state index in [0.717, 1.165) is 27.7 Å². The van der Waals surface area contributed by atoms with E-state index < -0.39 is 0 Å². The molecule has 0 bridgehead atoms. The standard InChI is InChI=1S/C23H23ClN4O2S/c1-16-22-23(28(26-16)19-9-3-2-4-10-19)31-15-21(30)27(22)12-6-11-20(29)25-14-17-7-5-8-18(24)13-17/h2-5,7-10,13H,6,11-12,14-15H2,1H3,(H,25,29). The highest BCUT2D eigenvalue weighted by molar-refractivity contribution is 8.00. The fraction of sp³-hybridized carbons (Fsp3) is 0.261. The summed E-state index contributed by atoms with van der Waals surface area (Å²) in [7, 11) is 0. The van der Waals surface area contributed by atoms with Gasteiger partial charge in [-0.1, -0.05) is 53.7 Å². The number of thioether (sulfide) groups is 1. The van der Waals surface area contributed by atoms with Gasteiger partial charge in [0, 0.05) is 24.5 Å². The molecule has 0 spiro atoms. The molecule has 1 aliphatic heterocycles. The average Bonchev–Trinajstić information content (AvgIpc) is 3.11. The van der Waals surface area contributed by atoms with Crippen LogP contribution in [0.4, 0.5) is 5.69 Å². The van der Waals surface area contributed by atoms with E-state index in [1.807, 2.05) is 60.1 Å². The van der Waals surface area contributed by atoms with Crippen LogP contribution in [-0.4, -0.2) is 33.9 Å². The van der Waals surface area contributed by atoms with Crippen LogP contribution in [0.2, 0.25) is 5.02 Å². The predicted molar refractivity (Wildman–Crippen MR) is 124 cm³/mol. The second kappa shape index (κ2) is 9.58. The van der Waals surface area contributed by atoms with Gasteiger partial charge < -0.3 is 10.2 Å². The van der Waals surface area contributed by atoms with E-state index in [1.54, 1.807) is 11.0 Å². The molecule has 160 valence electrons. The van der Waals surface area contributed by atoms with Gasteiger partial charge in [-0.15, -0.1) is 0 Å². The van der Waals surface area contributed by atoms with Crippen LogP contribution in [0.15, 0.2) is 59.6 Å². The van der Waals surface area contributed by atoms with Gasteiger partial charge in [0.25, 0.3) is 0 Å². The number of halogens is 1. The Kier molecular flexibility index (Phi) is 6.63. The summed E-state index contributed by atoms with van der Waals surface area (Å²) in [6, 6.07) is 17.3. The van der Waals surface area contributed by atoms with Gasteiger partial charge in [0.05, 0.1) is 22.8 Å². The van der Waals surface area contributed by atoms with Gasteiger partial charge in [0.2, 0.25) is 11.8 Å². The van der Waals surface area contributed by atoms with Crippen LogP contribution in [0.25, 0.3) is 5.69 Å². The quantitative estimate of drug-likeness (QED) is 0.575. The predicted octanol–water partition coefficient (Wildman–Crippen LogP) is 4.37. The van der Waals surface area contributed by atoms with Crippen LogP contribution in [0.1, 0.15) is 24.1 Å². The van der Waals surface area contributed by atoms with Gasteiger partial charge in [-0.3, -0.25) is 9.59 Å². The maximum Gasteiger partial charge on any atom is 0.237 e. The third-order valence-corrected chi connectivity index (χ3v) is 6.32. The van der Waals surface area contributed by atoms with Crippen molar-refractivity contribution in [1.82, 2.24) is 15.1 Å². The van der Waals surface area contributed by atoms with E-state index in [4.69, 9.17) is 11.6 Å². The topological polar surface area (TPSA) is 67.2 Å². The van der Waals surface area contributed by atoms with E-state index in [0.29, 0.717) is 36.7 Å². The summed E-state index contributed by atoms with van der Waals surface area (Å²) in [5.41, 5.74) is 3.58. The van der Waals surface area contributed by atoms with E-state index in [9.17, 15) is 9.59 Å². The van der Waals surface area contributed by atoms with Crippen molar-refractivity contribution in [2.24, 2.45) is 0 Å².